The van der Waals surface area contributed by atoms with Crippen molar-refractivity contribution in [2.75, 3.05) is 12.3 Å². The number of anilines is 1. The summed E-state index contributed by atoms with van der Waals surface area (Å²) in [6.07, 6.45) is 0. The van der Waals surface area contributed by atoms with Crippen LogP contribution < -0.4 is 16.2 Å². The summed E-state index contributed by atoms with van der Waals surface area (Å²) in [5.41, 5.74) is 8.96. The molecule has 1 amide bonds. The molecule has 0 unspecified atom stereocenters. The molecule has 1 rings (SSSR count). The summed E-state index contributed by atoms with van der Waals surface area (Å²) in [6.45, 7) is 2.46. The second-order valence-corrected chi connectivity index (χ2v) is 6.62. The average Bonchev–Trinajstić information content (AvgIpc) is 2.31. The molecular weight excluding hydrogens is 292 g/mol. The Morgan fingerprint density at radius 1 is 1.35 bits per heavy atom. The van der Waals surface area contributed by atoms with E-state index < -0.39 is 37.9 Å². The first-order valence-electron chi connectivity index (χ1n) is 5.51. The molecule has 1 aromatic rings. The van der Waals surface area contributed by atoms with Crippen molar-refractivity contribution in [2.24, 2.45) is 11.1 Å². The van der Waals surface area contributed by atoms with Crippen LogP contribution in [0.1, 0.15) is 13.8 Å². The Labute approximate surface area is 115 Å². The van der Waals surface area contributed by atoms with Crippen LogP contribution in [0.2, 0.25) is 0 Å². The zero-order chi connectivity index (χ0) is 15.7. The minimum absolute atomic E-state index is 0.238. The van der Waals surface area contributed by atoms with Crippen LogP contribution in [0.5, 0.6) is 0 Å². The fourth-order valence-corrected chi connectivity index (χ4v) is 2.55. The van der Waals surface area contributed by atoms with Crippen LogP contribution in [0, 0.1) is 17.0 Å². The lowest BCUT2D eigenvalue weighted by Crippen LogP contribution is -2.42. The van der Waals surface area contributed by atoms with Crippen molar-refractivity contribution in [1.29, 1.82) is 0 Å². The number of amides is 1. The SMILES string of the molecule is CC(C)(CNS(=O)(=O)c1cc(N)cc(F)c1F)C(N)=O. The highest BCUT2D eigenvalue weighted by Gasteiger charge is 2.29. The molecule has 0 aliphatic carbocycles. The zero-order valence-electron chi connectivity index (χ0n) is 10.9. The van der Waals surface area contributed by atoms with Crippen molar-refractivity contribution in [2.45, 2.75) is 18.7 Å². The van der Waals surface area contributed by atoms with Gasteiger partial charge < -0.3 is 11.5 Å². The largest absolute Gasteiger partial charge is 0.399 e. The first-order chi connectivity index (χ1) is 8.97. The minimum atomic E-state index is -4.36. The third-order valence-electron chi connectivity index (χ3n) is 2.68. The monoisotopic (exact) mass is 307 g/mol. The van der Waals surface area contributed by atoms with Gasteiger partial charge in [0, 0.05) is 12.2 Å². The summed E-state index contributed by atoms with van der Waals surface area (Å²) >= 11 is 0. The molecule has 0 saturated carbocycles. The molecule has 6 nitrogen and oxygen atoms in total. The van der Waals surface area contributed by atoms with Crippen LogP contribution in [-0.2, 0) is 14.8 Å². The van der Waals surface area contributed by atoms with Gasteiger partial charge in [-0.15, -0.1) is 0 Å². The van der Waals surface area contributed by atoms with Crippen molar-refractivity contribution in [3.05, 3.63) is 23.8 Å². The van der Waals surface area contributed by atoms with Gasteiger partial charge in [-0.3, -0.25) is 4.79 Å². The average molecular weight is 307 g/mol. The summed E-state index contributed by atoms with van der Waals surface area (Å²) < 4.78 is 52.5. The Morgan fingerprint density at radius 2 is 1.90 bits per heavy atom. The van der Waals surface area contributed by atoms with Gasteiger partial charge in [0.05, 0.1) is 5.41 Å². The Balaban J connectivity index is 3.10. The molecule has 9 heteroatoms. The Kier molecular flexibility index (Phi) is 4.35. The summed E-state index contributed by atoms with van der Waals surface area (Å²) in [5, 5.41) is 0. The maximum absolute atomic E-state index is 13.5. The molecule has 0 heterocycles. The third kappa shape index (κ3) is 3.42. The number of benzene rings is 1. The number of carbonyl (C=O) groups is 1. The number of nitrogens with one attached hydrogen (secondary N) is 1. The number of nitrogen functional groups attached to an aromatic ring is 1. The van der Waals surface area contributed by atoms with Crippen molar-refractivity contribution in [3.8, 4) is 0 Å². The van der Waals surface area contributed by atoms with Crippen molar-refractivity contribution >= 4 is 21.6 Å². The van der Waals surface area contributed by atoms with E-state index in [2.05, 4.69) is 0 Å². The number of carbonyl (C=O) groups excluding carboxylic acids is 1. The number of sulfonamides is 1. The fourth-order valence-electron chi connectivity index (χ4n) is 1.22. The number of halogens is 2. The highest BCUT2D eigenvalue weighted by molar-refractivity contribution is 7.89. The molecule has 20 heavy (non-hydrogen) atoms. The fraction of sp³-hybridized carbons (Fsp3) is 0.364. The molecule has 0 bridgehead atoms. The molecule has 0 radical (unpaired) electrons. The van der Waals surface area contributed by atoms with E-state index in [1.807, 2.05) is 4.72 Å². The Hall–Kier alpha value is -1.74. The maximum Gasteiger partial charge on any atom is 0.243 e. The van der Waals surface area contributed by atoms with Crippen molar-refractivity contribution < 1.29 is 22.0 Å². The molecule has 0 aliphatic rings. The summed E-state index contributed by atoms with van der Waals surface area (Å²) in [5.74, 6) is -3.65. The molecule has 5 N–H and O–H groups in total. The molecule has 0 atom stereocenters. The lowest BCUT2D eigenvalue weighted by atomic mass is 9.93. The quantitative estimate of drug-likeness (QED) is 0.680. The molecule has 0 spiro atoms. The number of hydrogen-bond acceptors (Lipinski definition) is 4. The minimum Gasteiger partial charge on any atom is -0.399 e. The molecule has 0 aromatic heterocycles. The second kappa shape index (κ2) is 5.33. The van der Waals surface area contributed by atoms with Crippen LogP contribution in [0.25, 0.3) is 0 Å². The first-order valence-corrected chi connectivity index (χ1v) is 7.00. The summed E-state index contributed by atoms with van der Waals surface area (Å²) in [6, 6.07) is 1.46. The van der Waals surface area contributed by atoms with Crippen LogP contribution in [0.15, 0.2) is 17.0 Å². The Morgan fingerprint density at radius 3 is 2.40 bits per heavy atom. The summed E-state index contributed by atoms with van der Waals surface area (Å²) in [7, 11) is -4.36. The van der Waals surface area contributed by atoms with E-state index in [1.165, 1.54) is 13.8 Å². The van der Waals surface area contributed by atoms with Gasteiger partial charge in [0.1, 0.15) is 4.90 Å². The van der Waals surface area contributed by atoms with Gasteiger partial charge in [-0.05, 0) is 26.0 Å². The van der Waals surface area contributed by atoms with E-state index >= 15 is 0 Å². The molecule has 0 saturated heterocycles. The molecule has 0 aliphatic heterocycles. The van der Waals surface area contributed by atoms with Crippen molar-refractivity contribution in [3.63, 3.8) is 0 Å². The van der Waals surface area contributed by atoms with Crippen LogP contribution >= 0.6 is 0 Å². The van der Waals surface area contributed by atoms with Gasteiger partial charge in [0.25, 0.3) is 0 Å². The first kappa shape index (κ1) is 16.3. The standard InChI is InChI=1S/C11H15F2N3O3S/c1-11(2,10(15)17)5-16-20(18,19)8-4-6(14)3-7(12)9(8)13/h3-4,16H,5,14H2,1-2H3,(H2,15,17). The maximum atomic E-state index is 13.5. The topological polar surface area (TPSA) is 115 Å². The number of nitrogens with two attached hydrogens (primary N) is 2. The van der Waals surface area contributed by atoms with E-state index in [4.69, 9.17) is 11.5 Å². The van der Waals surface area contributed by atoms with Gasteiger partial charge in [-0.2, -0.15) is 0 Å². The Bertz CT molecular complexity index is 645. The zero-order valence-corrected chi connectivity index (χ0v) is 11.7. The smallest absolute Gasteiger partial charge is 0.243 e. The number of rotatable bonds is 5. The van der Waals surface area contributed by atoms with E-state index in [9.17, 15) is 22.0 Å². The summed E-state index contributed by atoms with van der Waals surface area (Å²) in [4.78, 5) is 10.2. The predicted octanol–water partition coefficient (Wildman–Crippen LogP) is 0.337. The lowest BCUT2D eigenvalue weighted by molar-refractivity contribution is -0.125. The predicted molar refractivity (Wildman–Crippen MR) is 68.9 cm³/mol. The molecular formula is C11H15F2N3O3S. The normalized spacial score (nSPS) is 12.4. The van der Waals surface area contributed by atoms with Gasteiger partial charge in [0.15, 0.2) is 11.6 Å². The molecule has 112 valence electrons. The molecule has 0 fully saturated rings. The molecule has 1 aromatic carbocycles. The van der Waals surface area contributed by atoms with E-state index in [1.54, 1.807) is 0 Å². The highest BCUT2D eigenvalue weighted by atomic mass is 32.2. The lowest BCUT2D eigenvalue weighted by Gasteiger charge is -2.20. The van der Waals surface area contributed by atoms with Gasteiger partial charge >= 0.3 is 0 Å². The van der Waals surface area contributed by atoms with Crippen LogP contribution in [0.4, 0.5) is 14.5 Å². The van der Waals surface area contributed by atoms with Crippen molar-refractivity contribution in [1.82, 2.24) is 4.72 Å². The van der Waals surface area contributed by atoms with E-state index in [-0.39, 0.29) is 12.2 Å². The van der Waals surface area contributed by atoms with Crippen LogP contribution in [-0.4, -0.2) is 20.9 Å². The van der Waals surface area contributed by atoms with Gasteiger partial charge in [-0.25, -0.2) is 21.9 Å². The van der Waals surface area contributed by atoms with Gasteiger partial charge in [-0.1, -0.05) is 0 Å². The van der Waals surface area contributed by atoms with Crippen LogP contribution in [0.3, 0.4) is 0 Å². The van der Waals surface area contributed by atoms with E-state index in [0.717, 1.165) is 6.07 Å². The van der Waals surface area contributed by atoms with E-state index in [0.29, 0.717) is 6.07 Å². The van der Waals surface area contributed by atoms with Gasteiger partial charge in [0.2, 0.25) is 15.9 Å². The third-order valence-corrected chi connectivity index (χ3v) is 4.08. The highest BCUT2D eigenvalue weighted by Crippen LogP contribution is 2.22. The second-order valence-electron chi connectivity index (χ2n) is 4.89. The number of primary amides is 1. The number of hydrogen-bond donors (Lipinski definition) is 3.